The summed E-state index contributed by atoms with van der Waals surface area (Å²) in [6, 6.07) is 8.50. The molecule has 76 valence electrons. The standard InChI is InChI=1S/C12H13N3/c1-2-4-12-11(3-1)10(5-6-13-12)9-7-14-15-8-9/h1-4,7-8,10,13H,5-6H2,(H,14,15)/t10-/m1/s1. The van der Waals surface area contributed by atoms with Crippen LogP contribution in [-0.4, -0.2) is 16.7 Å². The molecule has 0 saturated heterocycles. The third-order valence-corrected chi connectivity index (χ3v) is 3.01. The van der Waals surface area contributed by atoms with Crippen molar-refractivity contribution in [2.45, 2.75) is 12.3 Å². The Hall–Kier alpha value is -1.77. The first-order valence-electron chi connectivity index (χ1n) is 5.26. The van der Waals surface area contributed by atoms with Crippen LogP contribution < -0.4 is 5.32 Å². The summed E-state index contributed by atoms with van der Waals surface area (Å²) < 4.78 is 0. The number of hydrogen-bond donors (Lipinski definition) is 2. The van der Waals surface area contributed by atoms with E-state index in [1.165, 1.54) is 16.8 Å². The summed E-state index contributed by atoms with van der Waals surface area (Å²) in [6.07, 6.45) is 5.05. The average Bonchev–Trinajstić information content (AvgIpc) is 2.82. The summed E-state index contributed by atoms with van der Waals surface area (Å²) in [4.78, 5) is 0. The van der Waals surface area contributed by atoms with Gasteiger partial charge < -0.3 is 5.32 Å². The summed E-state index contributed by atoms with van der Waals surface area (Å²) in [6.45, 7) is 1.03. The molecule has 0 amide bonds. The number of nitrogens with one attached hydrogen (secondary N) is 2. The Labute approximate surface area is 88.5 Å². The van der Waals surface area contributed by atoms with Crippen molar-refractivity contribution in [3.63, 3.8) is 0 Å². The molecule has 0 unspecified atom stereocenters. The maximum Gasteiger partial charge on any atom is 0.0525 e. The molecular weight excluding hydrogens is 186 g/mol. The Bertz CT molecular complexity index is 448. The molecule has 0 bridgehead atoms. The van der Waals surface area contributed by atoms with Gasteiger partial charge in [0.1, 0.15) is 0 Å². The van der Waals surface area contributed by atoms with E-state index in [1.54, 1.807) is 0 Å². The van der Waals surface area contributed by atoms with Gasteiger partial charge in [0, 0.05) is 24.3 Å². The predicted octanol–water partition coefficient (Wildman–Crippen LogP) is 2.36. The van der Waals surface area contributed by atoms with Crippen molar-refractivity contribution in [2.24, 2.45) is 0 Å². The number of H-pyrrole nitrogens is 1. The monoisotopic (exact) mass is 199 g/mol. The second kappa shape index (κ2) is 3.42. The van der Waals surface area contributed by atoms with Crippen molar-refractivity contribution in [1.29, 1.82) is 0 Å². The van der Waals surface area contributed by atoms with Gasteiger partial charge >= 0.3 is 0 Å². The van der Waals surface area contributed by atoms with Crippen LogP contribution in [0.4, 0.5) is 5.69 Å². The third-order valence-electron chi connectivity index (χ3n) is 3.01. The molecule has 0 spiro atoms. The third kappa shape index (κ3) is 1.40. The van der Waals surface area contributed by atoms with Crippen molar-refractivity contribution in [3.8, 4) is 0 Å². The maximum atomic E-state index is 4.02. The van der Waals surface area contributed by atoms with E-state index in [2.05, 4.69) is 39.8 Å². The lowest BCUT2D eigenvalue weighted by molar-refractivity contribution is 0.720. The zero-order chi connectivity index (χ0) is 10.1. The second-order valence-corrected chi connectivity index (χ2v) is 3.89. The molecule has 0 aliphatic carbocycles. The molecule has 15 heavy (non-hydrogen) atoms. The van der Waals surface area contributed by atoms with Crippen LogP contribution in [0.1, 0.15) is 23.5 Å². The number of nitrogens with zero attached hydrogens (tertiary/aromatic N) is 1. The van der Waals surface area contributed by atoms with Crippen LogP contribution in [0.15, 0.2) is 36.7 Å². The van der Waals surface area contributed by atoms with Gasteiger partial charge in [-0.2, -0.15) is 5.10 Å². The van der Waals surface area contributed by atoms with E-state index >= 15 is 0 Å². The lowest BCUT2D eigenvalue weighted by Crippen LogP contribution is -2.17. The van der Waals surface area contributed by atoms with Crippen LogP contribution in [0.25, 0.3) is 0 Å². The van der Waals surface area contributed by atoms with Crippen LogP contribution in [0.5, 0.6) is 0 Å². The highest BCUT2D eigenvalue weighted by molar-refractivity contribution is 5.56. The zero-order valence-corrected chi connectivity index (χ0v) is 8.40. The molecule has 2 N–H and O–H groups in total. The van der Waals surface area contributed by atoms with Gasteiger partial charge in [0.15, 0.2) is 0 Å². The van der Waals surface area contributed by atoms with Crippen LogP contribution in [0, 0.1) is 0 Å². The minimum absolute atomic E-state index is 0.487. The summed E-state index contributed by atoms with van der Waals surface area (Å²) in [5, 5.41) is 10.3. The predicted molar refractivity (Wildman–Crippen MR) is 60.0 cm³/mol. The van der Waals surface area contributed by atoms with Crippen molar-refractivity contribution >= 4 is 5.69 Å². The smallest absolute Gasteiger partial charge is 0.0525 e. The van der Waals surface area contributed by atoms with Gasteiger partial charge in [-0.25, -0.2) is 0 Å². The molecule has 1 aromatic heterocycles. The van der Waals surface area contributed by atoms with E-state index in [-0.39, 0.29) is 0 Å². The molecule has 1 aliphatic heterocycles. The van der Waals surface area contributed by atoms with Crippen molar-refractivity contribution in [1.82, 2.24) is 10.2 Å². The highest BCUT2D eigenvalue weighted by Gasteiger charge is 2.21. The van der Waals surface area contributed by atoms with E-state index in [1.807, 2.05) is 12.4 Å². The van der Waals surface area contributed by atoms with Crippen molar-refractivity contribution < 1.29 is 0 Å². The molecule has 3 rings (SSSR count). The Morgan fingerprint density at radius 2 is 2.20 bits per heavy atom. The maximum absolute atomic E-state index is 4.02. The minimum atomic E-state index is 0.487. The molecular formula is C12H13N3. The quantitative estimate of drug-likeness (QED) is 0.740. The first-order valence-corrected chi connectivity index (χ1v) is 5.26. The Balaban J connectivity index is 2.06. The fourth-order valence-corrected chi connectivity index (χ4v) is 2.27. The molecule has 1 aliphatic rings. The van der Waals surface area contributed by atoms with Gasteiger partial charge in [0.05, 0.1) is 6.20 Å². The van der Waals surface area contributed by atoms with Crippen LogP contribution in [0.2, 0.25) is 0 Å². The van der Waals surface area contributed by atoms with Gasteiger partial charge in [-0.1, -0.05) is 18.2 Å². The number of aromatic amines is 1. The number of benzene rings is 1. The van der Waals surface area contributed by atoms with E-state index in [4.69, 9.17) is 0 Å². The van der Waals surface area contributed by atoms with E-state index in [9.17, 15) is 0 Å². The SMILES string of the molecule is c1ccc2c(c1)NCC[C@@H]2c1cn[nH]c1. The minimum Gasteiger partial charge on any atom is -0.385 e. The number of aromatic nitrogens is 2. The van der Waals surface area contributed by atoms with Gasteiger partial charge in [0.2, 0.25) is 0 Å². The molecule has 0 saturated carbocycles. The average molecular weight is 199 g/mol. The van der Waals surface area contributed by atoms with Gasteiger partial charge in [-0.15, -0.1) is 0 Å². The Morgan fingerprint density at radius 1 is 1.27 bits per heavy atom. The number of para-hydroxylation sites is 1. The highest BCUT2D eigenvalue weighted by Crippen LogP contribution is 2.35. The molecule has 3 heteroatoms. The molecule has 2 aromatic rings. The molecule has 2 heterocycles. The summed E-state index contributed by atoms with van der Waals surface area (Å²) in [5.74, 6) is 0.487. The fraction of sp³-hybridized carbons (Fsp3) is 0.250. The van der Waals surface area contributed by atoms with Crippen molar-refractivity contribution in [2.75, 3.05) is 11.9 Å². The highest BCUT2D eigenvalue weighted by atomic mass is 15.1. The number of anilines is 1. The number of fused-ring (bicyclic) bond motifs is 1. The van der Waals surface area contributed by atoms with Crippen molar-refractivity contribution in [3.05, 3.63) is 47.8 Å². The van der Waals surface area contributed by atoms with E-state index in [0.717, 1.165) is 13.0 Å². The van der Waals surface area contributed by atoms with Crippen LogP contribution in [-0.2, 0) is 0 Å². The van der Waals surface area contributed by atoms with E-state index in [0.29, 0.717) is 5.92 Å². The molecule has 0 fully saturated rings. The Morgan fingerprint density at radius 3 is 3.07 bits per heavy atom. The first kappa shape index (κ1) is 8.53. The molecule has 0 radical (unpaired) electrons. The molecule has 1 atom stereocenters. The van der Waals surface area contributed by atoms with Crippen LogP contribution in [0.3, 0.4) is 0 Å². The molecule has 3 nitrogen and oxygen atoms in total. The van der Waals surface area contributed by atoms with Gasteiger partial charge in [0.25, 0.3) is 0 Å². The Kier molecular flexibility index (Phi) is 1.95. The van der Waals surface area contributed by atoms with E-state index < -0.39 is 0 Å². The summed E-state index contributed by atoms with van der Waals surface area (Å²) >= 11 is 0. The summed E-state index contributed by atoms with van der Waals surface area (Å²) in [5.41, 5.74) is 3.92. The largest absolute Gasteiger partial charge is 0.385 e. The lowest BCUT2D eigenvalue weighted by atomic mass is 9.87. The van der Waals surface area contributed by atoms with Crippen LogP contribution >= 0.6 is 0 Å². The number of hydrogen-bond acceptors (Lipinski definition) is 2. The fourth-order valence-electron chi connectivity index (χ4n) is 2.27. The lowest BCUT2D eigenvalue weighted by Gasteiger charge is -2.25. The number of rotatable bonds is 1. The normalized spacial score (nSPS) is 19.3. The summed E-state index contributed by atoms with van der Waals surface area (Å²) in [7, 11) is 0. The molecule has 1 aromatic carbocycles. The second-order valence-electron chi connectivity index (χ2n) is 3.89. The topological polar surface area (TPSA) is 40.7 Å². The zero-order valence-electron chi connectivity index (χ0n) is 8.40. The van der Waals surface area contributed by atoms with Gasteiger partial charge in [-0.05, 0) is 23.6 Å². The van der Waals surface area contributed by atoms with Gasteiger partial charge in [-0.3, -0.25) is 5.10 Å². The first-order chi connectivity index (χ1) is 7.45.